The molecule has 34 heavy (non-hydrogen) atoms. The summed E-state index contributed by atoms with van der Waals surface area (Å²) in [6.45, 7) is 2.97. The number of hydrogen-bond acceptors (Lipinski definition) is 3. The van der Waals surface area contributed by atoms with E-state index in [0.29, 0.717) is 24.8 Å². The maximum Gasteiger partial charge on any atom is 0.429 e. The Balaban J connectivity index is 1.58. The van der Waals surface area contributed by atoms with Gasteiger partial charge in [-0.25, -0.2) is 22.0 Å². The molecule has 0 radical (unpaired) electrons. The lowest BCUT2D eigenvalue weighted by atomic mass is 10.0. The lowest BCUT2D eigenvalue weighted by molar-refractivity contribution is -0.202. The maximum absolute atomic E-state index is 14.7. The third-order valence-electron chi connectivity index (χ3n) is 5.16. The minimum Gasteiger partial charge on any atom is -0.429 e. The Morgan fingerprint density at radius 1 is 0.794 bits per heavy atom. The molecule has 3 aromatic carbocycles. The van der Waals surface area contributed by atoms with Gasteiger partial charge < -0.3 is 14.2 Å². The van der Waals surface area contributed by atoms with Gasteiger partial charge in [0.05, 0.1) is 13.2 Å². The fourth-order valence-corrected chi connectivity index (χ4v) is 3.40. The van der Waals surface area contributed by atoms with E-state index in [1.165, 1.54) is 12.1 Å². The quantitative estimate of drug-likeness (QED) is 0.291. The van der Waals surface area contributed by atoms with Gasteiger partial charge in [-0.05, 0) is 11.6 Å². The number of benzene rings is 3. The van der Waals surface area contributed by atoms with Crippen molar-refractivity contribution in [2.75, 3.05) is 13.2 Å². The highest BCUT2D eigenvalue weighted by Gasteiger charge is 2.40. The second kappa shape index (κ2) is 9.27. The number of alkyl halides is 2. The average molecular weight is 486 g/mol. The van der Waals surface area contributed by atoms with Crippen LogP contribution in [0.15, 0.2) is 48.5 Å². The van der Waals surface area contributed by atoms with E-state index < -0.39 is 52.8 Å². The molecule has 0 aromatic heterocycles. The van der Waals surface area contributed by atoms with E-state index in [2.05, 4.69) is 4.74 Å². The van der Waals surface area contributed by atoms with E-state index >= 15 is 0 Å². The van der Waals surface area contributed by atoms with Crippen LogP contribution in [0.2, 0.25) is 0 Å². The molecule has 1 aliphatic heterocycles. The van der Waals surface area contributed by atoms with Gasteiger partial charge >= 0.3 is 6.11 Å². The zero-order chi connectivity index (χ0) is 24.6. The largest absolute Gasteiger partial charge is 0.429 e. The highest BCUT2D eigenvalue weighted by atomic mass is 19.3. The predicted molar refractivity (Wildman–Crippen MR) is 106 cm³/mol. The molecule has 3 aromatic rings. The van der Waals surface area contributed by atoms with Crippen molar-refractivity contribution in [2.45, 2.75) is 19.3 Å². The van der Waals surface area contributed by atoms with Crippen LogP contribution in [0.5, 0.6) is 5.75 Å². The van der Waals surface area contributed by atoms with Gasteiger partial charge in [-0.1, -0.05) is 37.3 Å². The van der Waals surface area contributed by atoms with Gasteiger partial charge in [0.25, 0.3) is 0 Å². The van der Waals surface area contributed by atoms with Crippen LogP contribution in [0.25, 0.3) is 11.1 Å². The monoisotopic (exact) mass is 486 g/mol. The molecule has 180 valence electrons. The first-order valence-electron chi connectivity index (χ1n) is 10.1. The van der Waals surface area contributed by atoms with Crippen LogP contribution in [0, 0.1) is 35.0 Å². The van der Waals surface area contributed by atoms with Crippen LogP contribution >= 0.6 is 0 Å². The molecule has 0 saturated carbocycles. The first-order chi connectivity index (χ1) is 16.1. The Morgan fingerprint density at radius 2 is 1.38 bits per heavy atom. The van der Waals surface area contributed by atoms with Gasteiger partial charge in [0.15, 0.2) is 35.4 Å². The summed E-state index contributed by atoms with van der Waals surface area (Å²) in [5, 5.41) is 0. The summed E-state index contributed by atoms with van der Waals surface area (Å²) in [6, 6.07) is 7.90. The standard InChI is InChI=1S/C24H17F7O3/c1-12-10-32-23(33-11-12)14-4-2-13(3-5-14)16-6-7-17(21(28)20(16)27)24(30,31)34-15-8-18(25)22(29)19(26)9-15/h2-9,12,23H,10-11H2,1H3. The summed E-state index contributed by atoms with van der Waals surface area (Å²) in [4.78, 5) is 0. The van der Waals surface area contributed by atoms with Crippen LogP contribution in [0.4, 0.5) is 30.7 Å². The summed E-state index contributed by atoms with van der Waals surface area (Å²) >= 11 is 0. The van der Waals surface area contributed by atoms with Gasteiger partial charge in [-0.15, -0.1) is 0 Å². The van der Waals surface area contributed by atoms with Crippen LogP contribution in [0.1, 0.15) is 24.3 Å². The van der Waals surface area contributed by atoms with E-state index in [9.17, 15) is 30.7 Å². The molecule has 0 amide bonds. The lowest BCUT2D eigenvalue weighted by Gasteiger charge is -2.27. The zero-order valence-electron chi connectivity index (χ0n) is 17.6. The number of rotatable bonds is 5. The second-order valence-electron chi connectivity index (χ2n) is 7.83. The normalized spacial score (nSPS) is 18.7. The van der Waals surface area contributed by atoms with Crippen molar-refractivity contribution in [1.29, 1.82) is 0 Å². The van der Waals surface area contributed by atoms with Crippen molar-refractivity contribution in [3.63, 3.8) is 0 Å². The van der Waals surface area contributed by atoms with Gasteiger partial charge in [0.1, 0.15) is 11.3 Å². The lowest BCUT2D eigenvalue weighted by Crippen LogP contribution is -2.25. The minimum absolute atomic E-state index is 0.164. The Kier molecular flexibility index (Phi) is 6.55. The van der Waals surface area contributed by atoms with Crippen molar-refractivity contribution >= 4 is 0 Å². The Hall–Kier alpha value is -3.11. The summed E-state index contributed by atoms with van der Waals surface area (Å²) < 4.78 is 113. The SMILES string of the molecule is CC1COC(c2ccc(-c3ccc(C(F)(F)Oc4cc(F)c(F)c(F)c4)c(F)c3F)cc2)OC1. The van der Waals surface area contributed by atoms with Gasteiger partial charge in [-0.3, -0.25) is 0 Å². The molecule has 4 rings (SSSR count). The fourth-order valence-electron chi connectivity index (χ4n) is 3.40. The summed E-state index contributed by atoms with van der Waals surface area (Å²) in [6.07, 6.45) is -5.12. The molecular weight excluding hydrogens is 469 g/mol. The Morgan fingerprint density at radius 3 is 1.97 bits per heavy atom. The van der Waals surface area contributed by atoms with E-state index in [-0.39, 0.29) is 29.2 Å². The molecule has 0 atom stereocenters. The Labute approximate surface area is 189 Å². The molecule has 1 heterocycles. The summed E-state index contributed by atoms with van der Waals surface area (Å²) in [5.74, 6) is -9.81. The van der Waals surface area contributed by atoms with Gasteiger partial charge in [-0.2, -0.15) is 8.78 Å². The molecule has 3 nitrogen and oxygen atoms in total. The fraction of sp³-hybridized carbons (Fsp3) is 0.250. The van der Waals surface area contributed by atoms with Gasteiger partial charge in [0.2, 0.25) is 0 Å². The van der Waals surface area contributed by atoms with Gasteiger partial charge in [0, 0.05) is 29.2 Å². The van der Waals surface area contributed by atoms with Crippen molar-refractivity contribution in [3.05, 3.63) is 88.7 Å². The molecule has 1 aliphatic rings. The molecule has 0 unspecified atom stereocenters. The van der Waals surface area contributed by atoms with E-state index in [4.69, 9.17) is 9.47 Å². The molecule has 1 saturated heterocycles. The van der Waals surface area contributed by atoms with Crippen LogP contribution in [-0.4, -0.2) is 13.2 Å². The highest BCUT2D eigenvalue weighted by Crippen LogP contribution is 2.37. The number of ether oxygens (including phenoxy) is 3. The molecule has 0 N–H and O–H groups in total. The molecule has 0 bridgehead atoms. The van der Waals surface area contributed by atoms with E-state index in [0.717, 1.165) is 6.07 Å². The topological polar surface area (TPSA) is 27.7 Å². The second-order valence-corrected chi connectivity index (χ2v) is 7.83. The molecule has 1 fully saturated rings. The first-order valence-corrected chi connectivity index (χ1v) is 10.1. The van der Waals surface area contributed by atoms with Crippen molar-refractivity contribution in [1.82, 2.24) is 0 Å². The highest BCUT2D eigenvalue weighted by molar-refractivity contribution is 5.65. The van der Waals surface area contributed by atoms with Crippen molar-refractivity contribution in [3.8, 4) is 16.9 Å². The third-order valence-corrected chi connectivity index (χ3v) is 5.16. The van der Waals surface area contributed by atoms with Crippen molar-refractivity contribution in [2.24, 2.45) is 5.92 Å². The number of halogens is 7. The van der Waals surface area contributed by atoms with Crippen molar-refractivity contribution < 1.29 is 44.9 Å². The third kappa shape index (κ3) is 4.74. The zero-order valence-corrected chi connectivity index (χ0v) is 17.6. The summed E-state index contributed by atoms with van der Waals surface area (Å²) in [5.41, 5.74) is -0.968. The molecule has 10 heteroatoms. The summed E-state index contributed by atoms with van der Waals surface area (Å²) in [7, 11) is 0. The smallest absolute Gasteiger partial charge is 0.429 e. The molecular formula is C24H17F7O3. The predicted octanol–water partition coefficient (Wildman–Crippen LogP) is 6.86. The van der Waals surface area contributed by atoms with E-state index in [1.807, 2.05) is 6.92 Å². The van der Waals surface area contributed by atoms with E-state index in [1.54, 1.807) is 12.1 Å². The number of hydrogen-bond donors (Lipinski definition) is 0. The average Bonchev–Trinajstić information content (AvgIpc) is 2.79. The first kappa shape index (κ1) is 24.0. The molecule has 0 spiro atoms. The van der Waals surface area contributed by atoms with Crippen LogP contribution in [0.3, 0.4) is 0 Å². The van der Waals surface area contributed by atoms with Crippen LogP contribution < -0.4 is 4.74 Å². The maximum atomic E-state index is 14.7. The Bertz CT molecular complexity index is 1170. The minimum atomic E-state index is -4.52. The molecule has 0 aliphatic carbocycles. The van der Waals surface area contributed by atoms with Crippen LogP contribution in [-0.2, 0) is 15.6 Å².